The average Bonchev–Trinajstić information content (AvgIpc) is 2.24. The minimum Gasteiger partial charge on any atom is -0.0842 e. The molecule has 0 atom stereocenters. The van der Waals surface area contributed by atoms with Crippen LogP contribution in [0, 0.1) is 41.2 Å². The van der Waals surface area contributed by atoms with Gasteiger partial charge in [0, 0.05) is 0 Å². The summed E-state index contributed by atoms with van der Waals surface area (Å²) in [5, 5.41) is 0. The lowest BCUT2D eigenvalue weighted by molar-refractivity contribution is 0.955. The number of hydrogen-bond donors (Lipinski definition) is 0. The molecule has 15 heavy (non-hydrogen) atoms. The molecule has 1 aromatic rings. The maximum absolute atomic E-state index is 5.46. The van der Waals surface area contributed by atoms with Crippen LogP contribution in [-0.4, -0.2) is 0 Å². The highest BCUT2D eigenvalue weighted by Crippen LogP contribution is 2.26. The topological polar surface area (TPSA) is 0 Å². The molecule has 0 unspecified atom stereocenters. The minimum atomic E-state index is 0.962. The van der Waals surface area contributed by atoms with Gasteiger partial charge in [-0.25, -0.2) is 0 Å². The molecule has 0 spiro atoms. The van der Waals surface area contributed by atoms with E-state index in [0.717, 1.165) is 12.8 Å². The number of benzene rings is 1. The Morgan fingerprint density at radius 1 is 0.800 bits per heavy atom. The van der Waals surface area contributed by atoms with E-state index in [1.54, 1.807) is 6.08 Å². The first-order valence-electron chi connectivity index (χ1n) is 5.60. The van der Waals surface area contributed by atoms with Crippen LogP contribution in [0.3, 0.4) is 0 Å². The third-order valence-corrected chi connectivity index (χ3v) is 3.72. The van der Waals surface area contributed by atoms with E-state index >= 15 is 0 Å². The molecule has 0 heterocycles. The van der Waals surface area contributed by atoms with Gasteiger partial charge in [-0.1, -0.05) is 12.7 Å². The summed E-state index contributed by atoms with van der Waals surface area (Å²) >= 11 is 0. The molecule has 1 aromatic carbocycles. The van der Waals surface area contributed by atoms with Gasteiger partial charge in [0.2, 0.25) is 0 Å². The number of rotatable bonds is 3. The summed E-state index contributed by atoms with van der Waals surface area (Å²) in [5.41, 5.74) is 8.67. The summed E-state index contributed by atoms with van der Waals surface area (Å²) in [4.78, 5) is 0. The zero-order chi connectivity index (χ0) is 11.6. The van der Waals surface area contributed by atoms with Crippen LogP contribution in [0.2, 0.25) is 0 Å². The second-order valence-corrected chi connectivity index (χ2v) is 4.38. The minimum absolute atomic E-state index is 0.962. The Balaban J connectivity index is 3.31. The van der Waals surface area contributed by atoms with E-state index in [1.807, 2.05) is 0 Å². The Kier molecular flexibility index (Phi) is 3.73. The third kappa shape index (κ3) is 2.14. The maximum atomic E-state index is 5.46. The van der Waals surface area contributed by atoms with Gasteiger partial charge in [0.15, 0.2) is 0 Å². The summed E-state index contributed by atoms with van der Waals surface area (Å²) in [6.45, 7) is 16.5. The molecule has 81 valence electrons. The molecule has 0 aliphatic rings. The SMILES string of the molecule is [CH]=CCCc1c(C)c(C)c(C)c(C)c1C. The standard InChI is InChI=1S/C15H21/c1-7-8-9-15-13(5)11(3)10(2)12(4)14(15)6/h1,7H,8-9H2,2-6H3. The Morgan fingerprint density at radius 2 is 1.20 bits per heavy atom. The Hall–Kier alpha value is -1.04. The van der Waals surface area contributed by atoms with Gasteiger partial charge in [-0.2, -0.15) is 0 Å². The first kappa shape index (κ1) is 12.0. The van der Waals surface area contributed by atoms with Crippen LogP contribution in [0.5, 0.6) is 0 Å². The molecule has 0 bridgehead atoms. The van der Waals surface area contributed by atoms with Crippen LogP contribution in [0.25, 0.3) is 0 Å². The fourth-order valence-corrected chi connectivity index (χ4v) is 2.18. The van der Waals surface area contributed by atoms with E-state index in [-0.39, 0.29) is 0 Å². The van der Waals surface area contributed by atoms with Crippen molar-refractivity contribution in [1.29, 1.82) is 0 Å². The summed E-state index contributed by atoms with van der Waals surface area (Å²) < 4.78 is 0. The van der Waals surface area contributed by atoms with Crippen LogP contribution in [0.1, 0.15) is 39.8 Å². The predicted molar refractivity (Wildman–Crippen MR) is 67.3 cm³/mol. The molecule has 0 amide bonds. The molecule has 0 saturated carbocycles. The molecular weight excluding hydrogens is 180 g/mol. The van der Waals surface area contributed by atoms with E-state index in [4.69, 9.17) is 6.58 Å². The van der Waals surface area contributed by atoms with Gasteiger partial charge in [0.05, 0.1) is 0 Å². The fourth-order valence-electron chi connectivity index (χ4n) is 2.18. The van der Waals surface area contributed by atoms with Crippen molar-refractivity contribution in [3.8, 4) is 0 Å². The van der Waals surface area contributed by atoms with Crippen molar-refractivity contribution >= 4 is 0 Å². The van der Waals surface area contributed by atoms with Gasteiger partial charge >= 0.3 is 0 Å². The highest BCUT2D eigenvalue weighted by Gasteiger charge is 2.10. The lowest BCUT2D eigenvalue weighted by Gasteiger charge is -2.18. The highest BCUT2D eigenvalue weighted by molar-refractivity contribution is 5.49. The molecule has 0 nitrogen and oxygen atoms in total. The zero-order valence-electron chi connectivity index (χ0n) is 10.6. The van der Waals surface area contributed by atoms with E-state index in [0.29, 0.717) is 0 Å². The monoisotopic (exact) mass is 201 g/mol. The maximum Gasteiger partial charge on any atom is -0.0239 e. The van der Waals surface area contributed by atoms with Crippen LogP contribution >= 0.6 is 0 Å². The van der Waals surface area contributed by atoms with Crippen molar-refractivity contribution in [2.45, 2.75) is 47.5 Å². The third-order valence-electron chi connectivity index (χ3n) is 3.72. The van der Waals surface area contributed by atoms with Crippen LogP contribution in [0.15, 0.2) is 6.08 Å². The normalized spacial score (nSPS) is 10.5. The van der Waals surface area contributed by atoms with E-state index in [1.165, 1.54) is 33.4 Å². The molecular formula is C15H21. The van der Waals surface area contributed by atoms with Gasteiger partial charge in [-0.05, 0) is 80.8 Å². The largest absolute Gasteiger partial charge is 0.0842 e. The molecule has 0 aliphatic carbocycles. The lowest BCUT2D eigenvalue weighted by Crippen LogP contribution is -2.02. The Labute approximate surface area is 94.0 Å². The van der Waals surface area contributed by atoms with Gasteiger partial charge in [0.25, 0.3) is 0 Å². The average molecular weight is 201 g/mol. The summed E-state index contributed by atoms with van der Waals surface area (Å²) in [6.07, 6.45) is 3.78. The van der Waals surface area contributed by atoms with Crippen molar-refractivity contribution in [2.75, 3.05) is 0 Å². The smallest absolute Gasteiger partial charge is 0.0239 e. The van der Waals surface area contributed by atoms with Crippen LogP contribution in [-0.2, 0) is 6.42 Å². The van der Waals surface area contributed by atoms with Crippen molar-refractivity contribution in [1.82, 2.24) is 0 Å². The van der Waals surface area contributed by atoms with Gasteiger partial charge in [0.1, 0.15) is 0 Å². The van der Waals surface area contributed by atoms with Gasteiger partial charge in [-0.3, -0.25) is 0 Å². The van der Waals surface area contributed by atoms with Crippen molar-refractivity contribution in [3.05, 3.63) is 46.0 Å². The summed E-state index contributed by atoms with van der Waals surface area (Å²) in [7, 11) is 0. The Morgan fingerprint density at radius 3 is 1.60 bits per heavy atom. The molecule has 0 heteroatoms. The molecule has 0 aliphatic heterocycles. The molecule has 0 saturated heterocycles. The number of hydrogen-bond acceptors (Lipinski definition) is 0. The van der Waals surface area contributed by atoms with Crippen molar-refractivity contribution in [2.24, 2.45) is 0 Å². The van der Waals surface area contributed by atoms with Gasteiger partial charge < -0.3 is 0 Å². The van der Waals surface area contributed by atoms with Gasteiger partial charge in [-0.15, -0.1) is 0 Å². The zero-order valence-corrected chi connectivity index (χ0v) is 10.6. The first-order chi connectivity index (χ1) is 7.00. The van der Waals surface area contributed by atoms with E-state index in [2.05, 4.69) is 34.6 Å². The molecule has 1 rings (SSSR count). The molecule has 1 radical (unpaired) electrons. The lowest BCUT2D eigenvalue weighted by atomic mass is 9.88. The predicted octanol–water partition coefficient (Wildman–Crippen LogP) is 4.15. The van der Waals surface area contributed by atoms with Crippen molar-refractivity contribution < 1.29 is 0 Å². The molecule has 0 fully saturated rings. The van der Waals surface area contributed by atoms with E-state index < -0.39 is 0 Å². The molecule has 0 N–H and O–H groups in total. The second kappa shape index (κ2) is 4.65. The quantitative estimate of drug-likeness (QED) is 0.689. The molecule has 0 aromatic heterocycles. The highest BCUT2D eigenvalue weighted by atomic mass is 14.2. The van der Waals surface area contributed by atoms with Crippen LogP contribution < -0.4 is 0 Å². The van der Waals surface area contributed by atoms with E-state index in [9.17, 15) is 0 Å². The van der Waals surface area contributed by atoms with Crippen LogP contribution in [0.4, 0.5) is 0 Å². The van der Waals surface area contributed by atoms with Crippen molar-refractivity contribution in [3.63, 3.8) is 0 Å². The fraction of sp³-hybridized carbons (Fsp3) is 0.467. The summed E-state index contributed by atoms with van der Waals surface area (Å²) in [5.74, 6) is 0. The number of allylic oxidation sites excluding steroid dienone is 1. The second-order valence-electron chi connectivity index (χ2n) is 4.38. The summed E-state index contributed by atoms with van der Waals surface area (Å²) in [6, 6.07) is 0. The first-order valence-corrected chi connectivity index (χ1v) is 5.60. The Bertz CT molecular complexity index is 355.